The van der Waals surface area contributed by atoms with Crippen molar-refractivity contribution in [3.8, 4) is 22.3 Å². The number of benzene rings is 1. The van der Waals surface area contributed by atoms with E-state index in [2.05, 4.69) is 36.8 Å². The van der Waals surface area contributed by atoms with Crippen LogP contribution in [0.3, 0.4) is 0 Å². The van der Waals surface area contributed by atoms with Crippen molar-refractivity contribution >= 4 is 17.5 Å². The number of rotatable bonds is 3. The zero-order chi connectivity index (χ0) is 23.8. The van der Waals surface area contributed by atoms with E-state index in [-0.39, 0.29) is 23.8 Å². The van der Waals surface area contributed by atoms with Crippen molar-refractivity contribution in [3.63, 3.8) is 0 Å². The molecule has 0 radical (unpaired) electrons. The molecule has 1 aliphatic rings. The lowest BCUT2D eigenvalue weighted by Gasteiger charge is -2.33. The molecule has 1 saturated heterocycles. The van der Waals surface area contributed by atoms with Crippen molar-refractivity contribution in [1.82, 2.24) is 14.9 Å². The van der Waals surface area contributed by atoms with Crippen molar-refractivity contribution in [2.45, 2.75) is 45.7 Å². The van der Waals surface area contributed by atoms with Gasteiger partial charge in [0.2, 0.25) is 0 Å². The van der Waals surface area contributed by atoms with Crippen LogP contribution in [0.15, 0.2) is 55.0 Å². The third-order valence-corrected chi connectivity index (χ3v) is 6.59. The molecule has 2 unspecified atom stereocenters. The summed E-state index contributed by atoms with van der Waals surface area (Å²) in [6.45, 7) is 8.98. The summed E-state index contributed by atoms with van der Waals surface area (Å²) in [5.74, 6) is -0.198. The largest absolute Gasteiger partial charge is 0.336 e. The number of carbonyl (C=O) groups excluding carboxylic acids is 1. The third-order valence-electron chi connectivity index (χ3n) is 6.28. The topological polar surface area (TPSA) is 46.1 Å². The molecule has 6 heteroatoms. The number of hydrogen-bond donors (Lipinski definition) is 0. The predicted molar refractivity (Wildman–Crippen MR) is 131 cm³/mol. The number of aromatic nitrogens is 2. The molecule has 3 aromatic rings. The molecule has 1 aromatic carbocycles. The fraction of sp³-hybridized carbons (Fsp3) is 0.370. The molecule has 33 heavy (non-hydrogen) atoms. The highest BCUT2D eigenvalue weighted by molar-refractivity contribution is 6.33. The first kappa shape index (κ1) is 23.4. The highest BCUT2D eigenvalue weighted by Crippen LogP contribution is 2.33. The maximum atomic E-state index is 14.1. The number of likely N-dealkylation sites (tertiary alicyclic amines) is 1. The van der Waals surface area contributed by atoms with E-state index in [9.17, 15) is 9.18 Å². The summed E-state index contributed by atoms with van der Waals surface area (Å²) in [7, 11) is 0. The van der Waals surface area contributed by atoms with Gasteiger partial charge >= 0.3 is 0 Å². The maximum Gasteiger partial charge on any atom is 0.254 e. The van der Waals surface area contributed by atoms with Crippen LogP contribution in [0.2, 0.25) is 5.02 Å². The number of alkyl halides is 1. The first-order valence-corrected chi connectivity index (χ1v) is 11.7. The summed E-state index contributed by atoms with van der Waals surface area (Å²) in [6.07, 6.45) is 5.08. The molecule has 0 spiro atoms. The first-order chi connectivity index (χ1) is 15.6. The van der Waals surface area contributed by atoms with Gasteiger partial charge < -0.3 is 4.90 Å². The lowest BCUT2D eigenvalue weighted by molar-refractivity contribution is 0.0541. The summed E-state index contributed by atoms with van der Waals surface area (Å²) < 4.78 is 14.1. The Morgan fingerprint density at radius 1 is 1.09 bits per heavy atom. The zero-order valence-corrected chi connectivity index (χ0v) is 20.2. The van der Waals surface area contributed by atoms with Crippen molar-refractivity contribution < 1.29 is 9.18 Å². The lowest BCUT2D eigenvalue weighted by Crippen LogP contribution is -2.44. The summed E-state index contributed by atoms with van der Waals surface area (Å²) in [6, 6.07) is 11.4. The van der Waals surface area contributed by atoms with Gasteiger partial charge in [-0.15, -0.1) is 0 Å². The molecular formula is C27H29ClFN3O. The van der Waals surface area contributed by atoms with Gasteiger partial charge in [0.15, 0.2) is 0 Å². The minimum atomic E-state index is -0.988. The van der Waals surface area contributed by atoms with Gasteiger partial charge in [-0.1, -0.05) is 45.4 Å². The van der Waals surface area contributed by atoms with Gasteiger partial charge in [-0.25, -0.2) is 4.39 Å². The number of hydrogen-bond acceptors (Lipinski definition) is 3. The number of halogens is 2. The van der Waals surface area contributed by atoms with E-state index in [1.807, 2.05) is 37.5 Å². The van der Waals surface area contributed by atoms with E-state index in [1.54, 1.807) is 23.2 Å². The van der Waals surface area contributed by atoms with Crippen LogP contribution in [0.25, 0.3) is 22.3 Å². The molecule has 172 valence electrons. The average molecular weight is 466 g/mol. The van der Waals surface area contributed by atoms with Crippen LogP contribution in [-0.2, 0) is 5.41 Å². The Hall–Kier alpha value is -2.79. The molecule has 0 saturated carbocycles. The smallest absolute Gasteiger partial charge is 0.254 e. The number of carbonyl (C=O) groups is 1. The van der Waals surface area contributed by atoms with Crippen molar-refractivity contribution in [3.05, 3.63) is 71.3 Å². The lowest BCUT2D eigenvalue weighted by atomic mass is 9.90. The van der Waals surface area contributed by atoms with Crippen LogP contribution >= 0.6 is 11.6 Å². The number of amides is 1. The quantitative estimate of drug-likeness (QED) is 0.438. The van der Waals surface area contributed by atoms with Crippen LogP contribution < -0.4 is 0 Å². The molecule has 4 rings (SSSR count). The van der Waals surface area contributed by atoms with Gasteiger partial charge in [0.1, 0.15) is 6.17 Å². The molecule has 1 fully saturated rings. The Labute approximate surface area is 199 Å². The van der Waals surface area contributed by atoms with E-state index >= 15 is 0 Å². The van der Waals surface area contributed by atoms with Crippen LogP contribution in [0, 0.1) is 5.92 Å². The SMILES string of the molecule is CC1CCN(C(=O)c2ccc(-c3cncc(-c4ccnc(C(C)(C)C)c4)c3)c(Cl)c2)CC1F. The Balaban J connectivity index is 1.60. The Morgan fingerprint density at radius 3 is 2.55 bits per heavy atom. The maximum absolute atomic E-state index is 14.1. The van der Waals surface area contributed by atoms with Crippen molar-refractivity contribution in [2.24, 2.45) is 5.92 Å². The fourth-order valence-electron chi connectivity index (χ4n) is 4.04. The molecule has 2 atom stereocenters. The monoisotopic (exact) mass is 465 g/mol. The normalized spacial score (nSPS) is 18.9. The minimum absolute atomic E-state index is 0.0142. The molecule has 3 heterocycles. The third kappa shape index (κ3) is 5.09. The van der Waals surface area contributed by atoms with E-state index in [4.69, 9.17) is 11.6 Å². The molecule has 0 aliphatic carbocycles. The van der Waals surface area contributed by atoms with E-state index in [0.29, 0.717) is 23.6 Å². The van der Waals surface area contributed by atoms with Crippen LogP contribution in [0.5, 0.6) is 0 Å². The van der Waals surface area contributed by atoms with Gasteiger partial charge in [0.05, 0.1) is 6.54 Å². The van der Waals surface area contributed by atoms with E-state index in [0.717, 1.165) is 27.9 Å². The highest BCUT2D eigenvalue weighted by atomic mass is 35.5. The molecule has 2 aromatic heterocycles. The molecular weight excluding hydrogens is 437 g/mol. The standard InChI is InChI=1S/C27H29ClFN3O/c1-17-8-10-32(16-24(17)29)26(33)19-5-6-22(23(28)12-19)21-11-20(14-30-15-21)18-7-9-31-25(13-18)27(2,3)4/h5-7,9,11-15,17,24H,8,10,16H2,1-4H3. The molecule has 1 aliphatic heterocycles. The highest BCUT2D eigenvalue weighted by Gasteiger charge is 2.29. The summed E-state index contributed by atoms with van der Waals surface area (Å²) in [5.41, 5.74) is 5.08. The van der Waals surface area contributed by atoms with Gasteiger partial charge in [-0.3, -0.25) is 14.8 Å². The number of pyridine rings is 2. The van der Waals surface area contributed by atoms with Gasteiger partial charge in [0.25, 0.3) is 5.91 Å². The van der Waals surface area contributed by atoms with Crippen LogP contribution in [-0.4, -0.2) is 40.0 Å². The average Bonchev–Trinajstić information content (AvgIpc) is 2.80. The summed E-state index contributed by atoms with van der Waals surface area (Å²) in [5, 5.41) is 0.465. The van der Waals surface area contributed by atoms with Gasteiger partial charge in [-0.05, 0) is 48.2 Å². The minimum Gasteiger partial charge on any atom is -0.336 e. The Kier molecular flexibility index (Phi) is 6.53. The van der Waals surface area contributed by atoms with Gasteiger partial charge in [0, 0.05) is 63.5 Å². The molecule has 0 bridgehead atoms. The van der Waals surface area contributed by atoms with E-state index in [1.165, 1.54) is 0 Å². The van der Waals surface area contributed by atoms with E-state index < -0.39 is 6.17 Å². The summed E-state index contributed by atoms with van der Waals surface area (Å²) >= 11 is 6.60. The second-order valence-corrected chi connectivity index (χ2v) is 10.3. The second kappa shape index (κ2) is 9.22. The Bertz CT molecular complexity index is 1170. The first-order valence-electron chi connectivity index (χ1n) is 11.3. The van der Waals surface area contributed by atoms with Crippen molar-refractivity contribution in [1.29, 1.82) is 0 Å². The second-order valence-electron chi connectivity index (χ2n) is 9.87. The fourth-order valence-corrected chi connectivity index (χ4v) is 4.33. The van der Waals surface area contributed by atoms with Crippen LogP contribution in [0.1, 0.15) is 50.2 Å². The zero-order valence-electron chi connectivity index (χ0n) is 19.5. The van der Waals surface area contributed by atoms with Gasteiger partial charge in [-0.2, -0.15) is 0 Å². The van der Waals surface area contributed by atoms with Crippen LogP contribution in [0.4, 0.5) is 4.39 Å². The Morgan fingerprint density at radius 2 is 1.85 bits per heavy atom. The number of nitrogens with zero attached hydrogens (tertiary/aromatic N) is 3. The molecule has 1 amide bonds. The van der Waals surface area contributed by atoms with Crippen molar-refractivity contribution in [2.75, 3.05) is 13.1 Å². The number of piperidine rings is 1. The molecule has 0 N–H and O–H groups in total. The summed E-state index contributed by atoms with van der Waals surface area (Å²) in [4.78, 5) is 23.4. The molecule has 4 nitrogen and oxygen atoms in total. The predicted octanol–water partition coefficient (Wildman–Crippen LogP) is 6.58.